The van der Waals surface area contributed by atoms with Crippen molar-refractivity contribution in [3.8, 4) is 0 Å². The predicted molar refractivity (Wildman–Crippen MR) is 74.5 cm³/mol. The molecule has 20 heavy (non-hydrogen) atoms. The van der Waals surface area contributed by atoms with Gasteiger partial charge in [-0.25, -0.2) is 4.79 Å². The van der Waals surface area contributed by atoms with Crippen LogP contribution < -0.4 is 0 Å². The first-order valence-electron chi connectivity index (χ1n) is 7.44. The monoisotopic (exact) mass is 283 g/mol. The number of hydrogen-bond donors (Lipinski definition) is 1. The summed E-state index contributed by atoms with van der Waals surface area (Å²) in [5.41, 5.74) is -0.624. The Balaban J connectivity index is 2.00. The number of hydrogen-bond acceptors (Lipinski definition) is 3. The van der Waals surface area contributed by atoms with Crippen LogP contribution in [0.25, 0.3) is 0 Å². The minimum atomic E-state index is -0.746. The molecule has 1 aliphatic carbocycles. The highest BCUT2D eigenvalue weighted by atomic mass is 16.6. The number of carbonyl (C=O) groups is 2. The van der Waals surface area contributed by atoms with Gasteiger partial charge in [0.1, 0.15) is 5.60 Å². The molecule has 0 aromatic heterocycles. The summed E-state index contributed by atoms with van der Waals surface area (Å²) in [7, 11) is 0. The predicted octanol–water partition coefficient (Wildman–Crippen LogP) is 3.03. The van der Waals surface area contributed by atoms with Crippen molar-refractivity contribution in [3.63, 3.8) is 0 Å². The van der Waals surface area contributed by atoms with Crippen LogP contribution >= 0.6 is 0 Å². The standard InChI is InChI=1S/C15H25NO4/c1-14(2,3)20-13(19)16-7-5-4-6-15(16)9-11(10-15)8-12(17)18/h11H,4-10H2,1-3H3,(H,17,18). The van der Waals surface area contributed by atoms with Gasteiger partial charge in [-0.3, -0.25) is 4.79 Å². The third-order valence-corrected chi connectivity index (χ3v) is 4.26. The summed E-state index contributed by atoms with van der Waals surface area (Å²) in [6.07, 6.45) is 4.67. The van der Waals surface area contributed by atoms with Gasteiger partial charge in [-0.2, -0.15) is 0 Å². The number of carbonyl (C=O) groups excluding carboxylic acids is 1. The SMILES string of the molecule is CC(C)(C)OC(=O)N1CCCCC12CC(CC(=O)O)C2. The molecule has 1 spiro atoms. The third kappa shape index (κ3) is 3.25. The fraction of sp³-hybridized carbons (Fsp3) is 0.867. The van der Waals surface area contributed by atoms with Gasteiger partial charge in [0.2, 0.25) is 0 Å². The molecule has 0 aromatic rings. The number of piperidine rings is 1. The molecule has 1 N–H and O–H groups in total. The number of amides is 1. The molecule has 2 fully saturated rings. The molecule has 1 aliphatic heterocycles. The average Bonchev–Trinajstić information content (AvgIpc) is 2.24. The van der Waals surface area contributed by atoms with Crippen LogP contribution in [0.5, 0.6) is 0 Å². The lowest BCUT2D eigenvalue weighted by atomic mass is 9.62. The number of carboxylic acid groups (broad SMARTS) is 1. The molecular formula is C15H25NO4. The Bertz CT molecular complexity index is 393. The summed E-state index contributed by atoms with van der Waals surface area (Å²) in [5, 5.41) is 8.86. The van der Waals surface area contributed by atoms with E-state index in [9.17, 15) is 9.59 Å². The van der Waals surface area contributed by atoms with Crippen molar-refractivity contribution in [3.05, 3.63) is 0 Å². The zero-order chi connectivity index (χ0) is 15.0. The Hall–Kier alpha value is -1.26. The van der Waals surface area contributed by atoms with E-state index in [-0.39, 0.29) is 24.0 Å². The van der Waals surface area contributed by atoms with Gasteiger partial charge in [0.05, 0.1) is 0 Å². The van der Waals surface area contributed by atoms with E-state index in [1.54, 1.807) is 0 Å². The number of likely N-dealkylation sites (tertiary alicyclic amines) is 1. The number of aliphatic carboxylic acids is 1. The summed E-state index contributed by atoms with van der Waals surface area (Å²) in [6.45, 7) is 6.34. The minimum absolute atomic E-state index is 0.138. The van der Waals surface area contributed by atoms with Crippen LogP contribution in [0.1, 0.15) is 59.3 Å². The molecule has 0 bridgehead atoms. The maximum atomic E-state index is 12.3. The highest BCUT2D eigenvalue weighted by Crippen LogP contribution is 2.49. The molecule has 1 amide bonds. The number of ether oxygens (including phenoxy) is 1. The molecule has 0 unspecified atom stereocenters. The summed E-state index contributed by atoms with van der Waals surface area (Å²) >= 11 is 0. The van der Waals surface area contributed by atoms with Crippen LogP contribution in [0.3, 0.4) is 0 Å². The van der Waals surface area contributed by atoms with E-state index >= 15 is 0 Å². The molecule has 114 valence electrons. The molecule has 5 heteroatoms. The van der Waals surface area contributed by atoms with Gasteiger partial charge in [0.15, 0.2) is 0 Å². The second-order valence-corrected chi connectivity index (χ2v) is 7.19. The highest BCUT2D eigenvalue weighted by molar-refractivity contribution is 5.70. The van der Waals surface area contributed by atoms with Crippen molar-refractivity contribution in [1.82, 2.24) is 4.90 Å². The minimum Gasteiger partial charge on any atom is -0.481 e. The smallest absolute Gasteiger partial charge is 0.410 e. The first-order valence-corrected chi connectivity index (χ1v) is 7.44. The largest absolute Gasteiger partial charge is 0.481 e. The van der Waals surface area contributed by atoms with Crippen molar-refractivity contribution in [2.24, 2.45) is 5.92 Å². The topological polar surface area (TPSA) is 66.8 Å². The van der Waals surface area contributed by atoms with Crippen LogP contribution in [0.2, 0.25) is 0 Å². The first-order chi connectivity index (χ1) is 9.22. The molecule has 1 saturated heterocycles. The second kappa shape index (κ2) is 5.26. The zero-order valence-electron chi connectivity index (χ0n) is 12.6. The van der Waals surface area contributed by atoms with Gasteiger partial charge >= 0.3 is 12.1 Å². The van der Waals surface area contributed by atoms with E-state index in [1.165, 1.54) is 0 Å². The van der Waals surface area contributed by atoms with Gasteiger partial charge in [-0.1, -0.05) is 0 Å². The summed E-state index contributed by atoms with van der Waals surface area (Å²) < 4.78 is 5.50. The van der Waals surface area contributed by atoms with E-state index in [0.717, 1.165) is 38.6 Å². The van der Waals surface area contributed by atoms with Crippen LogP contribution in [-0.2, 0) is 9.53 Å². The molecule has 2 aliphatic rings. The first kappa shape index (κ1) is 15.1. The van der Waals surface area contributed by atoms with Gasteiger partial charge in [-0.15, -0.1) is 0 Å². The zero-order valence-corrected chi connectivity index (χ0v) is 12.6. The van der Waals surface area contributed by atoms with Crippen molar-refractivity contribution >= 4 is 12.1 Å². The van der Waals surface area contributed by atoms with Crippen molar-refractivity contribution < 1.29 is 19.4 Å². The molecule has 5 nitrogen and oxygen atoms in total. The van der Waals surface area contributed by atoms with Gasteiger partial charge in [-0.05, 0) is 58.8 Å². The van der Waals surface area contributed by atoms with Gasteiger partial charge < -0.3 is 14.7 Å². The van der Waals surface area contributed by atoms with E-state index in [0.29, 0.717) is 0 Å². The van der Waals surface area contributed by atoms with Crippen molar-refractivity contribution in [1.29, 1.82) is 0 Å². The van der Waals surface area contributed by atoms with Gasteiger partial charge in [0, 0.05) is 18.5 Å². The Morgan fingerprint density at radius 3 is 2.50 bits per heavy atom. The van der Waals surface area contributed by atoms with Crippen molar-refractivity contribution in [2.75, 3.05) is 6.54 Å². The lowest BCUT2D eigenvalue weighted by Gasteiger charge is -2.56. The number of nitrogens with zero attached hydrogens (tertiary/aromatic N) is 1. The highest BCUT2D eigenvalue weighted by Gasteiger charge is 2.52. The quantitative estimate of drug-likeness (QED) is 0.846. The lowest BCUT2D eigenvalue weighted by molar-refractivity contribution is -0.141. The Morgan fingerprint density at radius 1 is 1.30 bits per heavy atom. The summed E-state index contributed by atoms with van der Waals surface area (Å²) in [4.78, 5) is 25.0. The van der Waals surface area contributed by atoms with Gasteiger partial charge in [0.25, 0.3) is 0 Å². The third-order valence-electron chi connectivity index (χ3n) is 4.26. The maximum Gasteiger partial charge on any atom is 0.410 e. The summed E-state index contributed by atoms with van der Waals surface area (Å²) in [5.74, 6) is -0.542. The van der Waals surface area contributed by atoms with Crippen molar-refractivity contribution in [2.45, 2.75) is 70.4 Å². The molecule has 0 radical (unpaired) electrons. The maximum absolute atomic E-state index is 12.3. The van der Waals surface area contributed by atoms with E-state index in [2.05, 4.69) is 0 Å². The molecular weight excluding hydrogens is 258 g/mol. The normalized spacial score (nSPS) is 29.9. The van der Waals surface area contributed by atoms with Crippen LogP contribution in [-0.4, -0.2) is 39.8 Å². The lowest BCUT2D eigenvalue weighted by Crippen LogP contribution is -2.62. The molecule has 1 heterocycles. The fourth-order valence-electron chi connectivity index (χ4n) is 3.53. The molecule has 1 saturated carbocycles. The van der Waals surface area contributed by atoms with Crippen LogP contribution in [0, 0.1) is 5.92 Å². The second-order valence-electron chi connectivity index (χ2n) is 7.19. The average molecular weight is 283 g/mol. The van der Waals surface area contributed by atoms with Crippen LogP contribution in [0.4, 0.5) is 4.79 Å². The Labute approximate surface area is 120 Å². The Kier molecular flexibility index (Phi) is 3.98. The van der Waals surface area contributed by atoms with E-state index in [4.69, 9.17) is 9.84 Å². The number of rotatable bonds is 2. The summed E-state index contributed by atoms with van der Waals surface area (Å²) in [6, 6.07) is 0. The van der Waals surface area contributed by atoms with Crippen LogP contribution in [0.15, 0.2) is 0 Å². The molecule has 2 rings (SSSR count). The van der Waals surface area contributed by atoms with E-state index < -0.39 is 11.6 Å². The van der Waals surface area contributed by atoms with E-state index in [1.807, 2.05) is 25.7 Å². The molecule has 0 atom stereocenters. The fourth-order valence-corrected chi connectivity index (χ4v) is 3.53. The Morgan fingerprint density at radius 2 is 1.95 bits per heavy atom. The molecule has 0 aromatic carbocycles. The number of carboxylic acids is 1.